The molecule has 0 radical (unpaired) electrons. The molecule has 1 saturated heterocycles. The normalized spacial score (nSPS) is 16.8. The van der Waals surface area contributed by atoms with Gasteiger partial charge in [-0.2, -0.15) is 0 Å². The Bertz CT molecular complexity index is 388. The topological polar surface area (TPSA) is 12.5 Å². The number of hydrogen-bond donors (Lipinski definition) is 0. The number of para-hydroxylation sites is 1. The number of nitrogens with zero attached hydrogens (tertiary/aromatic N) is 1. The molecule has 0 aliphatic carbocycles. The molecule has 0 saturated carbocycles. The molecular weight excluding hydrogens is 234 g/mol. The number of likely N-dealkylation sites (tertiary alicyclic amines) is 1. The largest absolute Gasteiger partial charge is 0.493 e. The first kappa shape index (κ1) is 14.4. The van der Waals surface area contributed by atoms with Crippen molar-refractivity contribution in [2.75, 3.05) is 26.2 Å². The van der Waals surface area contributed by atoms with Crippen LogP contribution in [0, 0.1) is 0 Å². The molecule has 1 fully saturated rings. The van der Waals surface area contributed by atoms with Gasteiger partial charge in [0.1, 0.15) is 5.75 Å². The van der Waals surface area contributed by atoms with Crippen LogP contribution in [-0.2, 0) is 5.41 Å². The van der Waals surface area contributed by atoms with Crippen LogP contribution in [0.1, 0.15) is 45.6 Å². The van der Waals surface area contributed by atoms with Crippen molar-refractivity contribution < 1.29 is 4.74 Å². The van der Waals surface area contributed by atoms with Crippen LogP contribution < -0.4 is 4.74 Å². The molecule has 2 heteroatoms. The van der Waals surface area contributed by atoms with E-state index in [9.17, 15) is 0 Å². The average molecular weight is 261 g/mol. The third-order valence-electron chi connectivity index (χ3n) is 3.77. The molecule has 0 atom stereocenters. The second kappa shape index (κ2) is 6.42. The summed E-state index contributed by atoms with van der Waals surface area (Å²) in [5.74, 6) is 1.05. The lowest BCUT2D eigenvalue weighted by Gasteiger charge is -2.23. The van der Waals surface area contributed by atoms with E-state index in [1.54, 1.807) is 0 Å². The van der Waals surface area contributed by atoms with E-state index in [4.69, 9.17) is 4.74 Å². The Hall–Kier alpha value is -1.02. The van der Waals surface area contributed by atoms with Crippen molar-refractivity contribution in [1.82, 2.24) is 4.90 Å². The molecule has 0 bridgehead atoms. The summed E-state index contributed by atoms with van der Waals surface area (Å²) >= 11 is 0. The van der Waals surface area contributed by atoms with E-state index in [2.05, 4.69) is 49.9 Å². The Balaban J connectivity index is 1.82. The van der Waals surface area contributed by atoms with Gasteiger partial charge >= 0.3 is 0 Å². The van der Waals surface area contributed by atoms with Gasteiger partial charge in [0.15, 0.2) is 0 Å². The summed E-state index contributed by atoms with van der Waals surface area (Å²) < 4.78 is 6.00. The summed E-state index contributed by atoms with van der Waals surface area (Å²) in [6, 6.07) is 8.43. The Labute approximate surface area is 117 Å². The van der Waals surface area contributed by atoms with Crippen molar-refractivity contribution >= 4 is 0 Å². The molecule has 2 rings (SSSR count). The molecule has 1 aliphatic heterocycles. The maximum atomic E-state index is 6.00. The Kier molecular flexibility index (Phi) is 4.87. The van der Waals surface area contributed by atoms with Gasteiger partial charge in [-0.25, -0.2) is 0 Å². The number of hydrogen-bond acceptors (Lipinski definition) is 2. The zero-order valence-electron chi connectivity index (χ0n) is 12.6. The van der Waals surface area contributed by atoms with Crippen molar-refractivity contribution in [2.24, 2.45) is 0 Å². The predicted molar refractivity (Wildman–Crippen MR) is 80.9 cm³/mol. The Morgan fingerprint density at radius 3 is 2.47 bits per heavy atom. The van der Waals surface area contributed by atoms with Gasteiger partial charge in [0.25, 0.3) is 0 Å². The standard InChI is InChI=1S/C17H27NO/c1-17(2,3)15-9-4-5-10-16(15)19-14-8-13-18-11-6-7-12-18/h4-5,9-10H,6-8,11-14H2,1-3H3. The molecule has 1 aromatic rings. The smallest absolute Gasteiger partial charge is 0.123 e. The monoisotopic (exact) mass is 261 g/mol. The zero-order valence-corrected chi connectivity index (χ0v) is 12.6. The SMILES string of the molecule is CC(C)(C)c1ccccc1OCCCN1CCCC1. The summed E-state index contributed by atoms with van der Waals surface area (Å²) in [4.78, 5) is 2.54. The molecule has 1 aliphatic rings. The number of rotatable bonds is 5. The quantitative estimate of drug-likeness (QED) is 0.747. The van der Waals surface area contributed by atoms with Crippen LogP contribution in [0.2, 0.25) is 0 Å². The maximum absolute atomic E-state index is 6.00. The minimum atomic E-state index is 0.144. The Morgan fingerprint density at radius 1 is 1.11 bits per heavy atom. The highest BCUT2D eigenvalue weighted by atomic mass is 16.5. The van der Waals surface area contributed by atoms with Crippen LogP contribution in [-0.4, -0.2) is 31.1 Å². The highest BCUT2D eigenvalue weighted by molar-refractivity contribution is 5.38. The van der Waals surface area contributed by atoms with Gasteiger partial charge in [-0.05, 0) is 49.4 Å². The minimum absolute atomic E-state index is 0.144. The summed E-state index contributed by atoms with van der Waals surface area (Å²) in [6.45, 7) is 11.3. The lowest BCUT2D eigenvalue weighted by atomic mass is 9.86. The highest BCUT2D eigenvalue weighted by Gasteiger charge is 2.18. The molecular formula is C17H27NO. The van der Waals surface area contributed by atoms with E-state index in [1.165, 1.54) is 38.0 Å². The van der Waals surface area contributed by atoms with Gasteiger partial charge in [0.2, 0.25) is 0 Å². The van der Waals surface area contributed by atoms with Crippen LogP contribution in [0.3, 0.4) is 0 Å². The lowest BCUT2D eigenvalue weighted by Crippen LogP contribution is -2.22. The summed E-state index contributed by atoms with van der Waals surface area (Å²) in [7, 11) is 0. The van der Waals surface area contributed by atoms with Crippen LogP contribution >= 0.6 is 0 Å². The second-order valence-electron chi connectivity index (χ2n) is 6.50. The predicted octanol–water partition coefficient (Wildman–Crippen LogP) is 3.85. The van der Waals surface area contributed by atoms with Gasteiger partial charge in [0.05, 0.1) is 6.61 Å². The van der Waals surface area contributed by atoms with Crippen LogP contribution in [0.5, 0.6) is 5.75 Å². The van der Waals surface area contributed by atoms with Gasteiger partial charge in [-0.1, -0.05) is 39.0 Å². The molecule has 0 spiro atoms. The first-order chi connectivity index (χ1) is 9.07. The molecule has 0 aromatic heterocycles. The molecule has 2 nitrogen and oxygen atoms in total. The first-order valence-corrected chi connectivity index (χ1v) is 7.52. The van der Waals surface area contributed by atoms with Gasteiger partial charge in [-0.3, -0.25) is 0 Å². The Morgan fingerprint density at radius 2 is 1.79 bits per heavy atom. The van der Waals surface area contributed by atoms with Crippen LogP contribution in [0.25, 0.3) is 0 Å². The van der Waals surface area contributed by atoms with Gasteiger partial charge in [-0.15, -0.1) is 0 Å². The molecule has 106 valence electrons. The second-order valence-corrected chi connectivity index (χ2v) is 6.50. The van der Waals surface area contributed by atoms with Crippen molar-refractivity contribution in [3.05, 3.63) is 29.8 Å². The molecule has 19 heavy (non-hydrogen) atoms. The molecule has 1 heterocycles. The van der Waals surface area contributed by atoms with Crippen LogP contribution in [0.15, 0.2) is 24.3 Å². The average Bonchev–Trinajstić information content (AvgIpc) is 2.87. The lowest BCUT2D eigenvalue weighted by molar-refractivity contribution is 0.259. The molecule has 1 aromatic carbocycles. The van der Waals surface area contributed by atoms with Gasteiger partial charge < -0.3 is 9.64 Å². The fourth-order valence-corrected chi connectivity index (χ4v) is 2.69. The molecule has 0 amide bonds. The van der Waals surface area contributed by atoms with E-state index < -0.39 is 0 Å². The fraction of sp³-hybridized carbons (Fsp3) is 0.647. The first-order valence-electron chi connectivity index (χ1n) is 7.52. The maximum Gasteiger partial charge on any atom is 0.123 e. The summed E-state index contributed by atoms with van der Waals surface area (Å²) in [5.41, 5.74) is 1.45. The van der Waals surface area contributed by atoms with E-state index in [1.807, 2.05) is 0 Å². The zero-order chi connectivity index (χ0) is 13.7. The highest BCUT2D eigenvalue weighted by Crippen LogP contribution is 2.30. The van der Waals surface area contributed by atoms with E-state index in [-0.39, 0.29) is 5.41 Å². The molecule has 0 unspecified atom stereocenters. The number of benzene rings is 1. The summed E-state index contributed by atoms with van der Waals surface area (Å²) in [6.07, 6.45) is 3.86. The molecule has 0 N–H and O–H groups in total. The third-order valence-corrected chi connectivity index (χ3v) is 3.77. The van der Waals surface area contributed by atoms with E-state index in [0.29, 0.717) is 0 Å². The third kappa shape index (κ3) is 4.24. The van der Waals surface area contributed by atoms with Crippen molar-refractivity contribution in [1.29, 1.82) is 0 Å². The summed E-state index contributed by atoms with van der Waals surface area (Å²) in [5, 5.41) is 0. The van der Waals surface area contributed by atoms with Gasteiger partial charge in [0, 0.05) is 6.54 Å². The van der Waals surface area contributed by atoms with E-state index >= 15 is 0 Å². The van der Waals surface area contributed by atoms with E-state index in [0.717, 1.165) is 18.8 Å². The van der Waals surface area contributed by atoms with Crippen molar-refractivity contribution in [2.45, 2.75) is 45.4 Å². The minimum Gasteiger partial charge on any atom is -0.493 e. The van der Waals surface area contributed by atoms with Crippen molar-refractivity contribution in [3.63, 3.8) is 0 Å². The fourth-order valence-electron chi connectivity index (χ4n) is 2.69. The van der Waals surface area contributed by atoms with Crippen LogP contribution in [0.4, 0.5) is 0 Å². The number of ether oxygens (including phenoxy) is 1. The van der Waals surface area contributed by atoms with Crippen molar-refractivity contribution in [3.8, 4) is 5.75 Å².